The molecule has 1 heterocycles. The van der Waals surface area contributed by atoms with Crippen LogP contribution >= 0.6 is 0 Å². The first-order chi connectivity index (χ1) is 4.84. The fourth-order valence-electron chi connectivity index (χ4n) is 0.948. The predicted molar refractivity (Wildman–Crippen MR) is 36.7 cm³/mol. The van der Waals surface area contributed by atoms with E-state index in [0.29, 0.717) is 0 Å². The third-order valence-corrected chi connectivity index (χ3v) is 1.54. The Kier molecular flexibility index (Phi) is 2.31. The van der Waals surface area contributed by atoms with Crippen molar-refractivity contribution in [2.75, 3.05) is 6.54 Å². The summed E-state index contributed by atoms with van der Waals surface area (Å²) in [5, 5.41) is 0. The number of hydrogen-bond donors (Lipinski definition) is 0. The summed E-state index contributed by atoms with van der Waals surface area (Å²) >= 11 is 0. The molecular weight excluding hydrogens is 130 g/mol. The highest BCUT2D eigenvalue weighted by molar-refractivity contribution is 5.38. The van der Waals surface area contributed by atoms with E-state index in [1.54, 1.807) is 0 Å². The molecule has 0 aliphatic carbocycles. The fourth-order valence-corrected chi connectivity index (χ4v) is 0.948. The Morgan fingerprint density at radius 1 is 1.80 bits per heavy atom. The molecule has 10 heavy (non-hydrogen) atoms. The molecule has 1 aliphatic heterocycles. The van der Waals surface area contributed by atoms with E-state index in [4.69, 9.17) is 0 Å². The molecule has 0 aromatic rings. The molecule has 0 amide bonds. The van der Waals surface area contributed by atoms with E-state index in [1.165, 1.54) is 6.47 Å². The Morgan fingerprint density at radius 3 is 3.10 bits per heavy atom. The van der Waals surface area contributed by atoms with Gasteiger partial charge in [0.2, 0.25) is 0 Å². The lowest BCUT2D eigenvalue weighted by molar-refractivity contribution is 0.0694. The number of hydrogen-bond acceptors (Lipinski definition) is 3. The average Bonchev–Trinajstić information content (AvgIpc) is 2.38. The molecular formula is C7H10NO2. The largest absolute Gasteiger partial charge is 0.433 e. The van der Waals surface area contributed by atoms with Crippen LogP contribution in [0.3, 0.4) is 0 Å². The molecule has 0 aromatic heterocycles. The minimum Gasteiger partial charge on any atom is -0.433 e. The van der Waals surface area contributed by atoms with Gasteiger partial charge in [-0.1, -0.05) is 6.08 Å². The standard InChI is InChI=1S/C7H10NO2/c1-7(10-6-9)8-4-2-3-5-8/h2,4,7H,3,5H2,1H3. The van der Waals surface area contributed by atoms with E-state index in [-0.39, 0.29) is 6.23 Å². The van der Waals surface area contributed by atoms with Crippen LogP contribution in [0.15, 0.2) is 12.3 Å². The fraction of sp³-hybridized carbons (Fsp3) is 0.571. The van der Waals surface area contributed by atoms with Crippen molar-refractivity contribution in [2.24, 2.45) is 0 Å². The van der Waals surface area contributed by atoms with Gasteiger partial charge in [0, 0.05) is 6.54 Å². The summed E-state index contributed by atoms with van der Waals surface area (Å²) in [5.41, 5.74) is 0. The van der Waals surface area contributed by atoms with Crippen molar-refractivity contribution in [2.45, 2.75) is 19.6 Å². The molecule has 0 aromatic carbocycles. The Labute approximate surface area is 60.3 Å². The van der Waals surface area contributed by atoms with Gasteiger partial charge >= 0.3 is 6.47 Å². The van der Waals surface area contributed by atoms with Gasteiger partial charge in [0.05, 0.1) is 0 Å². The number of nitrogens with zero attached hydrogens (tertiary/aromatic N) is 1. The van der Waals surface area contributed by atoms with E-state index in [2.05, 4.69) is 4.74 Å². The normalized spacial score (nSPS) is 19.1. The maximum atomic E-state index is 9.77. The minimum absolute atomic E-state index is 0.170. The maximum absolute atomic E-state index is 9.77. The Bertz CT molecular complexity index is 145. The van der Waals surface area contributed by atoms with Crippen LogP contribution < -0.4 is 0 Å². The molecule has 0 bridgehead atoms. The molecule has 0 saturated carbocycles. The van der Waals surface area contributed by atoms with Gasteiger partial charge in [-0.3, -0.25) is 0 Å². The van der Waals surface area contributed by atoms with Crippen molar-refractivity contribution in [3.63, 3.8) is 0 Å². The van der Waals surface area contributed by atoms with Crippen molar-refractivity contribution in [3.8, 4) is 0 Å². The van der Waals surface area contributed by atoms with Crippen LogP contribution in [0.2, 0.25) is 0 Å². The van der Waals surface area contributed by atoms with Crippen LogP contribution in [0.4, 0.5) is 0 Å². The van der Waals surface area contributed by atoms with Gasteiger partial charge in [0.1, 0.15) is 0 Å². The molecule has 0 N–H and O–H groups in total. The van der Waals surface area contributed by atoms with E-state index >= 15 is 0 Å². The summed E-state index contributed by atoms with van der Waals surface area (Å²) in [4.78, 5) is 11.7. The highest BCUT2D eigenvalue weighted by Gasteiger charge is 2.12. The lowest BCUT2D eigenvalue weighted by atomic mass is 10.5. The number of ether oxygens (including phenoxy) is 1. The third-order valence-electron chi connectivity index (χ3n) is 1.54. The number of rotatable bonds is 3. The van der Waals surface area contributed by atoms with Gasteiger partial charge < -0.3 is 9.64 Å². The first kappa shape index (κ1) is 7.12. The second-order valence-electron chi connectivity index (χ2n) is 2.21. The topological polar surface area (TPSA) is 29.5 Å². The zero-order valence-corrected chi connectivity index (χ0v) is 5.91. The zero-order chi connectivity index (χ0) is 7.40. The van der Waals surface area contributed by atoms with Crippen molar-refractivity contribution >= 4 is 6.47 Å². The quantitative estimate of drug-likeness (QED) is 0.576. The molecule has 1 radical (unpaired) electrons. The second-order valence-corrected chi connectivity index (χ2v) is 2.21. The molecule has 55 valence electrons. The van der Waals surface area contributed by atoms with Crippen molar-refractivity contribution in [1.82, 2.24) is 4.90 Å². The van der Waals surface area contributed by atoms with Crippen LogP contribution in [-0.4, -0.2) is 24.1 Å². The van der Waals surface area contributed by atoms with Gasteiger partial charge in [0.25, 0.3) is 0 Å². The molecule has 1 atom stereocenters. The van der Waals surface area contributed by atoms with Gasteiger partial charge in [0.15, 0.2) is 6.23 Å². The summed E-state index contributed by atoms with van der Waals surface area (Å²) < 4.78 is 4.59. The molecule has 1 aliphatic rings. The summed E-state index contributed by atoms with van der Waals surface area (Å²) in [6.45, 7) is 4.17. The zero-order valence-electron chi connectivity index (χ0n) is 5.91. The smallest absolute Gasteiger partial charge is 0.419 e. The molecule has 0 fully saturated rings. The van der Waals surface area contributed by atoms with Gasteiger partial charge in [-0.05, 0) is 19.5 Å². The van der Waals surface area contributed by atoms with Crippen molar-refractivity contribution < 1.29 is 9.53 Å². The first-order valence-corrected chi connectivity index (χ1v) is 3.30. The molecule has 3 nitrogen and oxygen atoms in total. The lowest BCUT2D eigenvalue weighted by Crippen LogP contribution is -2.28. The molecule has 1 rings (SSSR count). The Hall–Kier alpha value is -0.990. The highest BCUT2D eigenvalue weighted by Crippen LogP contribution is 2.08. The van der Waals surface area contributed by atoms with E-state index in [9.17, 15) is 4.79 Å². The van der Waals surface area contributed by atoms with Gasteiger partial charge in [-0.15, -0.1) is 0 Å². The minimum atomic E-state index is -0.170. The second kappa shape index (κ2) is 3.25. The van der Waals surface area contributed by atoms with Crippen molar-refractivity contribution in [1.29, 1.82) is 0 Å². The average molecular weight is 140 g/mol. The Morgan fingerprint density at radius 2 is 2.60 bits per heavy atom. The Balaban J connectivity index is 2.32. The summed E-state index contributed by atoms with van der Waals surface area (Å²) in [6.07, 6.45) is 4.84. The molecule has 0 spiro atoms. The SMILES string of the molecule is CC(O[C]=O)N1C=CCC1. The summed E-state index contributed by atoms with van der Waals surface area (Å²) in [6, 6.07) is 0. The monoisotopic (exact) mass is 140 g/mol. The summed E-state index contributed by atoms with van der Waals surface area (Å²) in [5.74, 6) is 0. The van der Waals surface area contributed by atoms with Gasteiger partial charge in [-0.25, -0.2) is 4.79 Å². The van der Waals surface area contributed by atoms with E-state index in [0.717, 1.165) is 13.0 Å². The van der Waals surface area contributed by atoms with Crippen LogP contribution in [0, 0.1) is 0 Å². The van der Waals surface area contributed by atoms with E-state index in [1.807, 2.05) is 24.1 Å². The van der Waals surface area contributed by atoms with Crippen LogP contribution in [-0.2, 0) is 9.53 Å². The van der Waals surface area contributed by atoms with E-state index < -0.39 is 0 Å². The molecule has 0 saturated heterocycles. The molecule has 3 heteroatoms. The van der Waals surface area contributed by atoms with Crippen LogP contribution in [0.25, 0.3) is 0 Å². The maximum Gasteiger partial charge on any atom is 0.419 e. The van der Waals surface area contributed by atoms with Gasteiger partial charge in [-0.2, -0.15) is 0 Å². The van der Waals surface area contributed by atoms with Crippen LogP contribution in [0.1, 0.15) is 13.3 Å². The highest BCUT2D eigenvalue weighted by atomic mass is 16.5. The lowest BCUT2D eigenvalue weighted by Gasteiger charge is -2.21. The first-order valence-electron chi connectivity index (χ1n) is 3.30. The third kappa shape index (κ3) is 1.50. The summed E-state index contributed by atoms with van der Waals surface area (Å²) in [7, 11) is 0. The predicted octanol–water partition coefficient (Wildman–Crippen LogP) is 0.636. The van der Waals surface area contributed by atoms with Crippen LogP contribution in [0.5, 0.6) is 0 Å². The molecule has 1 unspecified atom stereocenters. The number of carbonyl (C=O) groups excluding carboxylic acids is 1. The van der Waals surface area contributed by atoms with Crippen molar-refractivity contribution in [3.05, 3.63) is 12.3 Å².